The number of benzene rings is 2. The Kier molecular flexibility index (Phi) is 9.23. The molecule has 3 N–H and O–H groups in total. The number of rotatable bonds is 10. The first kappa shape index (κ1) is 28.2. The van der Waals surface area contributed by atoms with Crippen LogP contribution in [0.15, 0.2) is 64.2 Å². The van der Waals surface area contributed by atoms with Crippen LogP contribution in [0.25, 0.3) is 10.9 Å². The van der Waals surface area contributed by atoms with Gasteiger partial charge in [-0.2, -0.15) is 11.8 Å². The van der Waals surface area contributed by atoms with Crippen LogP contribution in [0.3, 0.4) is 0 Å². The maximum atomic E-state index is 13.8. The van der Waals surface area contributed by atoms with Gasteiger partial charge in [0, 0.05) is 19.5 Å². The van der Waals surface area contributed by atoms with Crippen LogP contribution in [0.4, 0.5) is 0 Å². The number of nitrogens with one attached hydrogen (secondary N) is 2. The third-order valence-electron chi connectivity index (χ3n) is 7.10. The molecule has 3 aromatic rings. The molecule has 1 aromatic heterocycles. The van der Waals surface area contributed by atoms with Crippen LogP contribution in [0.1, 0.15) is 30.9 Å². The summed E-state index contributed by atoms with van der Waals surface area (Å²) >= 11 is 1.53. The van der Waals surface area contributed by atoms with Crippen molar-refractivity contribution in [2.75, 3.05) is 25.1 Å². The molecule has 11 heteroatoms. The van der Waals surface area contributed by atoms with Crippen LogP contribution >= 0.6 is 11.8 Å². The van der Waals surface area contributed by atoms with Crippen molar-refractivity contribution in [3.8, 4) is 0 Å². The van der Waals surface area contributed by atoms with Crippen molar-refractivity contribution < 1.29 is 19.5 Å². The third-order valence-corrected chi connectivity index (χ3v) is 7.75. The van der Waals surface area contributed by atoms with Crippen molar-refractivity contribution in [2.45, 2.75) is 37.8 Å². The number of nitrogens with zero attached hydrogens (tertiary/aromatic N) is 2. The lowest BCUT2D eigenvalue weighted by Crippen LogP contribution is -2.54. The van der Waals surface area contributed by atoms with E-state index >= 15 is 0 Å². The number of carboxylic acids is 1. The highest BCUT2D eigenvalue weighted by Gasteiger charge is 2.33. The van der Waals surface area contributed by atoms with E-state index in [1.165, 1.54) is 11.8 Å². The maximum absolute atomic E-state index is 13.8. The number of carbonyl (C=O) groups excluding carboxylic acids is 2. The second-order valence-corrected chi connectivity index (χ2v) is 10.6. The number of hydrogen-bond donors (Lipinski definition) is 3. The minimum absolute atomic E-state index is 0.0709. The minimum Gasteiger partial charge on any atom is -0.481 e. The second kappa shape index (κ2) is 12.8. The molecule has 0 unspecified atom stereocenters. The van der Waals surface area contributed by atoms with E-state index in [0.717, 1.165) is 10.1 Å². The van der Waals surface area contributed by atoms with Gasteiger partial charge in [0.25, 0.3) is 5.56 Å². The molecule has 0 aliphatic carbocycles. The summed E-state index contributed by atoms with van der Waals surface area (Å²) in [5.74, 6) is -1.66. The first-order valence-electron chi connectivity index (χ1n) is 12.9. The zero-order chi connectivity index (χ0) is 27.9. The fourth-order valence-electron chi connectivity index (χ4n) is 4.93. The largest absolute Gasteiger partial charge is 0.481 e. The zero-order valence-electron chi connectivity index (χ0n) is 21.7. The Balaban J connectivity index is 1.65. The molecule has 1 aliphatic heterocycles. The average Bonchev–Trinajstić information content (AvgIpc) is 2.94. The van der Waals surface area contributed by atoms with Crippen LogP contribution in [0.5, 0.6) is 0 Å². The molecule has 2 amide bonds. The molecule has 1 fully saturated rings. The first-order valence-corrected chi connectivity index (χ1v) is 14.3. The number of piperidine rings is 1. The van der Waals surface area contributed by atoms with Crippen LogP contribution in [0, 0.1) is 5.92 Å². The molecule has 2 atom stereocenters. The van der Waals surface area contributed by atoms with E-state index in [4.69, 9.17) is 0 Å². The van der Waals surface area contributed by atoms with Crippen molar-refractivity contribution in [1.82, 2.24) is 19.8 Å². The second-order valence-electron chi connectivity index (χ2n) is 9.64. The molecule has 0 bridgehead atoms. The van der Waals surface area contributed by atoms with E-state index in [0.29, 0.717) is 43.6 Å². The van der Waals surface area contributed by atoms with Gasteiger partial charge in [0.1, 0.15) is 12.1 Å². The Bertz CT molecular complexity index is 1450. The predicted octanol–water partition coefficient (Wildman–Crippen LogP) is 2.03. The van der Waals surface area contributed by atoms with Crippen LogP contribution < -0.4 is 16.6 Å². The Hall–Kier alpha value is -3.86. The van der Waals surface area contributed by atoms with Gasteiger partial charge >= 0.3 is 11.7 Å². The smallest absolute Gasteiger partial charge is 0.329 e. The average molecular weight is 553 g/mol. The number of fused-ring (bicyclic) bond motifs is 1. The number of para-hydroxylation sites is 1. The Labute approximate surface area is 229 Å². The number of carbonyl (C=O) groups is 3. The van der Waals surface area contributed by atoms with Gasteiger partial charge in [0.2, 0.25) is 11.8 Å². The van der Waals surface area contributed by atoms with Gasteiger partial charge in [-0.15, -0.1) is 0 Å². The molecule has 0 saturated carbocycles. The summed E-state index contributed by atoms with van der Waals surface area (Å²) in [6.45, 7) is 0.581. The highest BCUT2D eigenvalue weighted by Crippen LogP contribution is 2.20. The molecule has 2 aromatic carbocycles. The molecule has 4 rings (SSSR count). The lowest BCUT2D eigenvalue weighted by Gasteiger charge is -2.33. The van der Waals surface area contributed by atoms with Gasteiger partial charge in [-0.25, -0.2) is 9.36 Å². The number of hydrogen-bond acceptors (Lipinski definition) is 6. The molecule has 2 heterocycles. The Morgan fingerprint density at radius 1 is 1.05 bits per heavy atom. The molecular weight excluding hydrogens is 520 g/mol. The molecule has 1 aliphatic rings. The van der Waals surface area contributed by atoms with Crippen molar-refractivity contribution in [2.24, 2.45) is 5.92 Å². The lowest BCUT2D eigenvalue weighted by atomic mass is 9.96. The van der Waals surface area contributed by atoms with Gasteiger partial charge in [-0.1, -0.05) is 42.5 Å². The number of amides is 2. The molecule has 39 heavy (non-hydrogen) atoms. The summed E-state index contributed by atoms with van der Waals surface area (Å²) in [7, 11) is 0. The monoisotopic (exact) mass is 552 g/mol. The van der Waals surface area contributed by atoms with Gasteiger partial charge < -0.3 is 20.3 Å². The molecule has 0 radical (unpaired) electrons. The number of aromatic nitrogens is 2. The topological polar surface area (TPSA) is 142 Å². The number of likely N-dealkylation sites (tertiary alicyclic amines) is 1. The number of aromatic amines is 1. The summed E-state index contributed by atoms with van der Waals surface area (Å²) in [5.41, 5.74) is -0.175. The quantitative estimate of drug-likeness (QED) is 0.349. The highest BCUT2D eigenvalue weighted by molar-refractivity contribution is 7.98. The molecular formula is C28H32N4O6S. The normalized spacial score (nSPS) is 15.6. The molecule has 206 valence electrons. The molecule has 1 saturated heterocycles. The van der Waals surface area contributed by atoms with Crippen molar-refractivity contribution in [3.63, 3.8) is 0 Å². The summed E-state index contributed by atoms with van der Waals surface area (Å²) in [5, 5.41) is 12.4. The Morgan fingerprint density at radius 2 is 1.72 bits per heavy atom. The molecule has 10 nitrogen and oxygen atoms in total. The number of H-pyrrole nitrogens is 1. The van der Waals surface area contributed by atoms with Crippen molar-refractivity contribution >= 4 is 40.4 Å². The van der Waals surface area contributed by atoms with E-state index in [9.17, 15) is 29.1 Å². The van der Waals surface area contributed by atoms with Crippen molar-refractivity contribution in [3.05, 3.63) is 81.0 Å². The third kappa shape index (κ3) is 6.59. The standard InChI is InChI=1S/C28H32N4O6S/c1-39-16-13-22(26(35)31-14-11-19(12-15-31)27(36)37)29-24(33)23(17-18-7-3-2-4-8-18)32-25(34)20-9-5-6-10-21(20)30-28(32)38/h2-10,19,22-23H,11-17H2,1H3,(H,29,33)(H,30,38)(H,36,37)/t22-,23-/m0/s1. The maximum Gasteiger partial charge on any atom is 0.329 e. The van der Waals surface area contributed by atoms with Gasteiger partial charge in [0.15, 0.2) is 0 Å². The summed E-state index contributed by atoms with van der Waals surface area (Å²) in [4.78, 5) is 69.4. The number of carboxylic acid groups (broad SMARTS) is 1. The van der Waals surface area contributed by atoms with E-state index in [-0.39, 0.29) is 17.7 Å². The SMILES string of the molecule is CSCC[C@H](NC(=O)[C@H](Cc1ccccc1)n1c(=O)[nH]c2ccccc2c1=O)C(=O)N1CCC(C(=O)O)CC1. The van der Waals surface area contributed by atoms with Crippen LogP contribution in [-0.2, 0) is 20.8 Å². The fourth-order valence-corrected chi connectivity index (χ4v) is 5.40. The summed E-state index contributed by atoms with van der Waals surface area (Å²) in [6.07, 6.45) is 3.02. The predicted molar refractivity (Wildman–Crippen MR) is 150 cm³/mol. The van der Waals surface area contributed by atoms with E-state index < -0.39 is 41.1 Å². The van der Waals surface area contributed by atoms with Gasteiger partial charge in [0.05, 0.1) is 16.8 Å². The zero-order valence-corrected chi connectivity index (χ0v) is 22.5. The van der Waals surface area contributed by atoms with Gasteiger partial charge in [-0.3, -0.25) is 19.2 Å². The minimum atomic E-state index is -1.20. The summed E-state index contributed by atoms with van der Waals surface area (Å²) < 4.78 is 0.930. The Morgan fingerprint density at radius 3 is 2.38 bits per heavy atom. The molecule has 0 spiro atoms. The van der Waals surface area contributed by atoms with Gasteiger partial charge in [-0.05, 0) is 49.0 Å². The highest BCUT2D eigenvalue weighted by atomic mass is 32.2. The number of thioether (sulfide) groups is 1. The summed E-state index contributed by atoms with van der Waals surface area (Å²) in [6, 6.07) is 13.6. The number of aliphatic carboxylic acids is 1. The van der Waals surface area contributed by atoms with E-state index in [1.807, 2.05) is 36.6 Å². The first-order chi connectivity index (χ1) is 18.8. The lowest BCUT2D eigenvalue weighted by molar-refractivity contribution is -0.146. The van der Waals surface area contributed by atoms with Crippen molar-refractivity contribution in [1.29, 1.82) is 0 Å². The fraction of sp³-hybridized carbons (Fsp3) is 0.393. The van der Waals surface area contributed by atoms with E-state index in [2.05, 4.69) is 10.3 Å². The van der Waals surface area contributed by atoms with E-state index in [1.54, 1.807) is 29.2 Å². The van der Waals surface area contributed by atoms with Crippen LogP contribution in [-0.4, -0.2) is 68.5 Å². The van der Waals surface area contributed by atoms with Crippen LogP contribution in [0.2, 0.25) is 0 Å².